The number of nitrogens with one attached hydrogen (secondary N) is 1. The van der Waals surface area contributed by atoms with Gasteiger partial charge in [0.25, 0.3) is 5.91 Å². The summed E-state index contributed by atoms with van der Waals surface area (Å²) in [5, 5.41) is 7.20. The lowest BCUT2D eigenvalue weighted by atomic mass is 10.1. The number of halogens is 1. The number of aromatic nitrogens is 2. The average Bonchev–Trinajstić information content (AvgIpc) is 2.86. The molecule has 0 fully saturated rings. The quantitative estimate of drug-likeness (QED) is 0.851. The lowest BCUT2D eigenvalue weighted by Crippen LogP contribution is -2.15. The largest absolute Gasteiger partial charge is 0.364 e. The van der Waals surface area contributed by atoms with Crippen LogP contribution in [0.2, 0.25) is 0 Å². The summed E-state index contributed by atoms with van der Waals surface area (Å²) in [5.41, 5.74) is 6.82. The maximum absolute atomic E-state index is 13.3. The van der Waals surface area contributed by atoms with E-state index in [1.54, 1.807) is 12.3 Å². The third kappa shape index (κ3) is 2.97. The molecule has 0 atom stereocenters. The minimum absolute atomic E-state index is 0.179. The van der Waals surface area contributed by atoms with E-state index in [2.05, 4.69) is 10.4 Å². The molecule has 0 spiro atoms. The summed E-state index contributed by atoms with van der Waals surface area (Å²) >= 11 is 0. The van der Waals surface area contributed by atoms with Crippen LogP contribution in [0.3, 0.4) is 0 Å². The number of nitrogens with two attached hydrogens (primary N) is 1. The van der Waals surface area contributed by atoms with Crippen molar-refractivity contribution in [2.45, 2.75) is 13.5 Å². The van der Waals surface area contributed by atoms with Gasteiger partial charge in [-0.3, -0.25) is 4.79 Å². The predicted octanol–water partition coefficient (Wildman–Crippen LogP) is 1.22. The first-order valence-electron chi connectivity index (χ1n) is 5.97. The monoisotopic (exact) mass is 262 g/mol. The summed E-state index contributed by atoms with van der Waals surface area (Å²) in [5.74, 6) is -0.895. The first-order valence-corrected chi connectivity index (χ1v) is 5.97. The molecule has 1 heterocycles. The van der Waals surface area contributed by atoms with Gasteiger partial charge in [-0.1, -0.05) is 6.92 Å². The van der Waals surface area contributed by atoms with Crippen LogP contribution in [-0.4, -0.2) is 22.2 Å². The van der Waals surface area contributed by atoms with Crippen molar-refractivity contribution in [2.24, 2.45) is 5.73 Å². The molecule has 6 heteroatoms. The Bertz CT molecular complexity index is 594. The molecule has 0 saturated heterocycles. The van der Waals surface area contributed by atoms with Crippen LogP contribution in [0.5, 0.6) is 0 Å². The fraction of sp³-hybridized carbons (Fsp3) is 0.231. The summed E-state index contributed by atoms with van der Waals surface area (Å²) in [7, 11) is 0. The van der Waals surface area contributed by atoms with E-state index in [4.69, 9.17) is 5.73 Å². The Hall–Kier alpha value is -2.21. The number of primary amides is 1. The van der Waals surface area contributed by atoms with Gasteiger partial charge in [-0.2, -0.15) is 5.10 Å². The van der Waals surface area contributed by atoms with Gasteiger partial charge in [-0.05, 0) is 36.4 Å². The van der Waals surface area contributed by atoms with Gasteiger partial charge in [-0.15, -0.1) is 0 Å². The van der Waals surface area contributed by atoms with Crippen LogP contribution in [0.1, 0.15) is 23.0 Å². The highest BCUT2D eigenvalue weighted by Crippen LogP contribution is 2.16. The van der Waals surface area contributed by atoms with Crippen LogP contribution >= 0.6 is 0 Å². The summed E-state index contributed by atoms with van der Waals surface area (Å²) in [6.45, 7) is 3.27. The van der Waals surface area contributed by atoms with Crippen LogP contribution in [-0.2, 0) is 6.54 Å². The topological polar surface area (TPSA) is 72.9 Å². The molecule has 5 nitrogen and oxygen atoms in total. The van der Waals surface area contributed by atoms with E-state index in [0.29, 0.717) is 6.54 Å². The summed E-state index contributed by atoms with van der Waals surface area (Å²) in [6, 6.07) is 5.96. The molecule has 0 saturated carbocycles. The van der Waals surface area contributed by atoms with E-state index in [1.807, 2.05) is 6.92 Å². The molecule has 0 radical (unpaired) electrons. The Balaban J connectivity index is 2.39. The normalized spacial score (nSPS) is 10.6. The second-order valence-electron chi connectivity index (χ2n) is 4.06. The Morgan fingerprint density at radius 1 is 1.47 bits per heavy atom. The van der Waals surface area contributed by atoms with Crippen LogP contribution in [0.15, 0.2) is 30.5 Å². The number of carbonyl (C=O) groups excluding carboxylic acids is 1. The van der Waals surface area contributed by atoms with Gasteiger partial charge in [0.15, 0.2) is 0 Å². The Kier molecular flexibility index (Phi) is 3.91. The van der Waals surface area contributed by atoms with Crippen LogP contribution in [0.4, 0.5) is 4.39 Å². The van der Waals surface area contributed by atoms with Gasteiger partial charge < -0.3 is 11.1 Å². The van der Waals surface area contributed by atoms with Crippen LogP contribution < -0.4 is 11.1 Å². The van der Waals surface area contributed by atoms with Crippen molar-refractivity contribution in [3.8, 4) is 5.69 Å². The zero-order valence-corrected chi connectivity index (χ0v) is 10.6. The number of nitrogens with zero attached hydrogens (tertiary/aromatic N) is 2. The number of hydrogen-bond donors (Lipinski definition) is 2. The molecule has 100 valence electrons. The molecule has 19 heavy (non-hydrogen) atoms. The zero-order chi connectivity index (χ0) is 13.8. The summed E-state index contributed by atoms with van der Waals surface area (Å²) in [4.78, 5) is 11.0. The van der Waals surface area contributed by atoms with Crippen molar-refractivity contribution in [3.05, 3.63) is 47.5 Å². The van der Waals surface area contributed by atoms with Gasteiger partial charge >= 0.3 is 0 Å². The first-order chi connectivity index (χ1) is 9.11. The number of benzene rings is 1. The highest BCUT2D eigenvalue weighted by atomic mass is 19.1. The van der Waals surface area contributed by atoms with E-state index in [1.165, 1.54) is 22.9 Å². The molecule has 0 bridgehead atoms. The van der Waals surface area contributed by atoms with Crippen molar-refractivity contribution in [1.82, 2.24) is 15.1 Å². The summed E-state index contributed by atoms with van der Waals surface area (Å²) < 4.78 is 14.8. The molecule has 3 N–H and O–H groups in total. The van der Waals surface area contributed by atoms with Gasteiger partial charge in [0.1, 0.15) is 11.5 Å². The molecular weight excluding hydrogens is 247 g/mol. The third-order valence-electron chi connectivity index (χ3n) is 2.70. The highest BCUT2D eigenvalue weighted by Gasteiger charge is 2.10. The Labute approximate surface area is 110 Å². The van der Waals surface area contributed by atoms with Crippen molar-refractivity contribution in [3.63, 3.8) is 0 Å². The number of carbonyl (C=O) groups is 1. The zero-order valence-electron chi connectivity index (χ0n) is 10.6. The standard InChI is InChI=1S/C13H15FN4O/c1-2-16-8-9-7-10(14)3-4-12(9)18-6-5-11(17-18)13(15)19/h3-7,16H,2,8H2,1H3,(H2,15,19). The molecule has 2 rings (SSSR count). The molecule has 1 aromatic heterocycles. The third-order valence-corrected chi connectivity index (χ3v) is 2.70. The SMILES string of the molecule is CCNCc1cc(F)ccc1-n1ccc(C(N)=O)n1. The average molecular weight is 262 g/mol. The lowest BCUT2D eigenvalue weighted by molar-refractivity contribution is 0.0995. The second-order valence-corrected chi connectivity index (χ2v) is 4.06. The van der Waals surface area contributed by atoms with E-state index >= 15 is 0 Å². The Morgan fingerprint density at radius 2 is 2.26 bits per heavy atom. The molecule has 0 aliphatic rings. The molecule has 0 aliphatic heterocycles. The van der Waals surface area contributed by atoms with E-state index in [9.17, 15) is 9.18 Å². The first kappa shape index (κ1) is 13.2. The van der Waals surface area contributed by atoms with E-state index < -0.39 is 5.91 Å². The molecule has 1 aromatic carbocycles. The van der Waals surface area contributed by atoms with Gasteiger partial charge in [-0.25, -0.2) is 9.07 Å². The van der Waals surface area contributed by atoms with Gasteiger partial charge in [0.2, 0.25) is 0 Å². The Morgan fingerprint density at radius 3 is 2.89 bits per heavy atom. The van der Waals surface area contributed by atoms with Crippen molar-refractivity contribution in [1.29, 1.82) is 0 Å². The molecule has 2 aromatic rings. The second kappa shape index (κ2) is 5.62. The molecule has 0 unspecified atom stereocenters. The molecule has 0 aliphatic carbocycles. The van der Waals surface area contributed by atoms with Crippen molar-refractivity contribution >= 4 is 5.91 Å². The lowest BCUT2D eigenvalue weighted by Gasteiger charge is -2.10. The number of amides is 1. The van der Waals surface area contributed by atoms with Crippen LogP contribution in [0.25, 0.3) is 5.69 Å². The smallest absolute Gasteiger partial charge is 0.269 e. The maximum atomic E-state index is 13.3. The molecule has 1 amide bonds. The van der Waals surface area contributed by atoms with Crippen molar-refractivity contribution in [2.75, 3.05) is 6.54 Å². The number of rotatable bonds is 5. The van der Waals surface area contributed by atoms with Gasteiger partial charge in [0.05, 0.1) is 5.69 Å². The predicted molar refractivity (Wildman–Crippen MR) is 69.4 cm³/mol. The maximum Gasteiger partial charge on any atom is 0.269 e. The number of hydrogen-bond acceptors (Lipinski definition) is 3. The van der Waals surface area contributed by atoms with Gasteiger partial charge in [0, 0.05) is 12.7 Å². The molecular formula is C13H15FN4O. The van der Waals surface area contributed by atoms with E-state index in [0.717, 1.165) is 17.8 Å². The fourth-order valence-corrected chi connectivity index (χ4v) is 1.77. The minimum atomic E-state index is -0.589. The highest BCUT2D eigenvalue weighted by molar-refractivity contribution is 5.90. The van der Waals surface area contributed by atoms with Crippen LogP contribution in [0, 0.1) is 5.82 Å². The minimum Gasteiger partial charge on any atom is -0.364 e. The van der Waals surface area contributed by atoms with Crippen molar-refractivity contribution < 1.29 is 9.18 Å². The summed E-state index contributed by atoms with van der Waals surface area (Å²) in [6.07, 6.45) is 1.63. The fourth-order valence-electron chi connectivity index (χ4n) is 1.77. The van der Waals surface area contributed by atoms with E-state index in [-0.39, 0.29) is 11.5 Å².